The van der Waals surface area contributed by atoms with Crippen molar-refractivity contribution in [3.63, 3.8) is 0 Å². The first-order valence-corrected chi connectivity index (χ1v) is 9.52. The van der Waals surface area contributed by atoms with Crippen molar-refractivity contribution in [3.8, 4) is 6.07 Å². The number of ether oxygens (including phenoxy) is 1. The molecule has 0 aromatic heterocycles. The van der Waals surface area contributed by atoms with Crippen LogP contribution in [0.4, 0.5) is 0 Å². The quantitative estimate of drug-likeness (QED) is 0.458. The normalized spacial score (nSPS) is 35.6. The van der Waals surface area contributed by atoms with Gasteiger partial charge in [0.05, 0.1) is 11.7 Å². The van der Waals surface area contributed by atoms with Crippen LogP contribution in [0.15, 0.2) is 24.3 Å². The molecule has 0 amide bonds. The van der Waals surface area contributed by atoms with E-state index in [1.807, 2.05) is 25.3 Å². The number of nitrogens with zero attached hydrogens (tertiary/aromatic N) is 1. The smallest absolute Gasteiger partial charge is 0.0912 e. The van der Waals surface area contributed by atoms with E-state index in [0.29, 0.717) is 0 Å². The molecule has 2 nitrogen and oxygen atoms in total. The SMILES string of the molecule is CCC[C@H]1CC[C@H]([C@H]2CC[C@@](C=CC=CC#N)(OC)CC2)CC1. The molecule has 2 aliphatic rings. The maximum Gasteiger partial charge on any atom is 0.0912 e. The van der Waals surface area contributed by atoms with Crippen LogP contribution < -0.4 is 0 Å². The van der Waals surface area contributed by atoms with Crippen molar-refractivity contribution in [2.45, 2.75) is 76.7 Å². The van der Waals surface area contributed by atoms with Crippen LogP contribution in [0.1, 0.15) is 71.1 Å². The summed E-state index contributed by atoms with van der Waals surface area (Å²) in [5.74, 6) is 2.87. The summed E-state index contributed by atoms with van der Waals surface area (Å²) in [6.07, 6.45) is 20.9. The van der Waals surface area contributed by atoms with Crippen molar-refractivity contribution in [2.24, 2.45) is 17.8 Å². The molecule has 128 valence electrons. The number of methoxy groups -OCH3 is 1. The fourth-order valence-electron chi connectivity index (χ4n) is 4.73. The fraction of sp³-hybridized carbons (Fsp3) is 0.762. The molecule has 0 aromatic rings. The second kappa shape index (κ2) is 9.28. The fourth-order valence-corrected chi connectivity index (χ4v) is 4.73. The van der Waals surface area contributed by atoms with Crippen molar-refractivity contribution in [1.29, 1.82) is 5.26 Å². The van der Waals surface area contributed by atoms with Crippen molar-refractivity contribution >= 4 is 0 Å². The molecule has 0 saturated heterocycles. The van der Waals surface area contributed by atoms with E-state index in [2.05, 4.69) is 13.0 Å². The molecule has 2 fully saturated rings. The van der Waals surface area contributed by atoms with Gasteiger partial charge < -0.3 is 4.74 Å². The maximum absolute atomic E-state index is 8.55. The Balaban J connectivity index is 1.82. The molecule has 0 spiro atoms. The maximum atomic E-state index is 8.55. The molecule has 0 heterocycles. The third-order valence-electron chi connectivity index (χ3n) is 6.22. The summed E-state index contributed by atoms with van der Waals surface area (Å²) in [6.45, 7) is 2.32. The number of hydrogen-bond donors (Lipinski definition) is 0. The second-order valence-corrected chi connectivity index (χ2v) is 7.52. The van der Waals surface area contributed by atoms with Crippen molar-refractivity contribution < 1.29 is 4.74 Å². The Morgan fingerprint density at radius 2 is 1.70 bits per heavy atom. The van der Waals surface area contributed by atoms with E-state index in [-0.39, 0.29) is 5.60 Å². The molecular weight excluding hydrogens is 282 g/mol. The summed E-state index contributed by atoms with van der Waals surface area (Å²) in [7, 11) is 1.83. The molecule has 2 saturated carbocycles. The van der Waals surface area contributed by atoms with Gasteiger partial charge in [-0.3, -0.25) is 0 Å². The first-order chi connectivity index (χ1) is 11.2. The zero-order valence-corrected chi connectivity index (χ0v) is 15.0. The third kappa shape index (κ3) is 5.21. The molecule has 0 bridgehead atoms. The highest BCUT2D eigenvalue weighted by atomic mass is 16.5. The summed E-state index contributed by atoms with van der Waals surface area (Å²) in [6, 6.07) is 2.03. The molecule has 2 heteroatoms. The minimum atomic E-state index is -0.101. The van der Waals surface area contributed by atoms with E-state index in [9.17, 15) is 0 Å². The highest BCUT2D eigenvalue weighted by molar-refractivity contribution is 5.16. The van der Waals surface area contributed by atoms with Crippen molar-refractivity contribution in [1.82, 2.24) is 0 Å². The van der Waals surface area contributed by atoms with Gasteiger partial charge in [0.25, 0.3) is 0 Å². The van der Waals surface area contributed by atoms with Gasteiger partial charge in [0.15, 0.2) is 0 Å². The number of rotatable bonds is 6. The van der Waals surface area contributed by atoms with Gasteiger partial charge in [-0.2, -0.15) is 5.26 Å². The highest BCUT2D eigenvalue weighted by Crippen LogP contribution is 2.44. The summed E-state index contributed by atoms with van der Waals surface area (Å²) < 4.78 is 5.84. The molecule has 0 radical (unpaired) electrons. The van der Waals surface area contributed by atoms with E-state index < -0.39 is 0 Å². The predicted molar refractivity (Wildman–Crippen MR) is 95.9 cm³/mol. The topological polar surface area (TPSA) is 33.0 Å². The predicted octanol–water partition coefficient (Wildman–Crippen LogP) is 5.80. The van der Waals surface area contributed by atoms with Crippen LogP contribution in [0.2, 0.25) is 0 Å². The lowest BCUT2D eigenvalue weighted by Crippen LogP contribution is -2.36. The van der Waals surface area contributed by atoms with Crippen LogP contribution in [0.5, 0.6) is 0 Å². The minimum absolute atomic E-state index is 0.101. The van der Waals surface area contributed by atoms with Crippen LogP contribution in [0.3, 0.4) is 0 Å². The zero-order chi connectivity index (χ0) is 16.5. The van der Waals surface area contributed by atoms with Crippen molar-refractivity contribution in [2.75, 3.05) is 7.11 Å². The number of nitriles is 1. The first-order valence-electron chi connectivity index (χ1n) is 9.52. The van der Waals surface area contributed by atoms with Gasteiger partial charge in [-0.25, -0.2) is 0 Å². The van der Waals surface area contributed by atoms with Crippen LogP contribution in [0.25, 0.3) is 0 Å². The lowest BCUT2D eigenvalue weighted by atomic mass is 9.67. The lowest BCUT2D eigenvalue weighted by Gasteiger charge is -2.41. The van der Waals surface area contributed by atoms with Gasteiger partial charge in [0.1, 0.15) is 0 Å². The molecule has 0 atom stereocenters. The largest absolute Gasteiger partial charge is 0.374 e. The Hall–Kier alpha value is -1.07. The molecule has 23 heavy (non-hydrogen) atoms. The van der Waals surface area contributed by atoms with Crippen molar-refractivity contribution in [3.05, 3.63) is 24.3 Å². The van der Waals surface area contributed by atoms with Crippen LogP contribution >= 0.6 is 0 Å². The second-order valence-electron chi connectivity index (χ2n) is 7.52. The molecule has 2 rings (SSSR count). The van der Waals surface area contributed by atoms with Crippen LogP contribution in [-0.4, -0.2) is 12.7 Å². The summed E-state index contributed by atoms with van der Waals surface area (Å²) >= 11 is 0. The van der Waals surface area contributed by atoms with Gasteiger partial charge in [-0.1, -0.05) is 50.8 Å². The van der Waals surface area contributed by atoms with E-state index in [1.165, 1.54) is 57.4 Å². The first kappa shape index (κ1) is 18.3. The molecule has 2 aliphatic carbocycles. The van der Waals surface area contributed by atoms with Gasteiger partial charge in [0.2, 0.25) is 0 Å². The standard InChI is InChI=1S/C21H33NO/c1-3-7-18-8-10-19(11-9-18)20-12-15-21(23-2,16-13-20)14-5-4-6-17-22/h4-6,14,18-20H,3,7-13,15-16H2,1-2H3/t18-,19-,20-,21+. The molecule has 0 aromatic carbocycles. The lowest BCUT2D eigenvalue weighted by molar-refractivity contribution is -0.0201. The van der Waals surface area contributed by atoms with E-state index >= 15 is 0 Å². The van der Waals surface area contributed by atoms with E-state index in [0.717, 1.165) is 30.6 Å². The summed E-state index contributed by atoms with van der Waals surface area (Å²) in [5, 5.41) is 8.55. The van der Waals surface area contributed by atoms with Gasteiger partial charge in [-0.05, 0) is 56.3 Å². The molecule has 0 N–H and O–H groups in total. The average Bonchev–Trinajstić information content (AvgIpc) is 2.60. The Labute approximate surface area is 142 Å². The monoisotopic (exact) mass is 315 g/mol. The van der Waals surface area contributed by atoms with Gasteiger partial charge >= 0.3 is 0 Å². The van der Waals surface area contributed by atoms with Gasteiger partial charge in [-0.15, -0.1) is 0 Å². The van der Waals surface area contributed by atoms with Crippen LogP contribution in [0, 0.1) is 29.1 Å². The number of hydrogen-bond acceptors (Lipinski definition) is 2. The Morgan fingerprint density at radius 3 is 2.26 bits per heavy atom. The third-order valence-corrected chi connectivity index (χ3v) is 6.22. The molecule has 0 aliphatic heterocycles. The Morgan fingerprint density at radius 1 is 1.04 bits per heavy atom. The zero-order valence-electron chi connectivity index (χ0n) is 15.0. The highest BCUT2D eigenvalue weighted by Gasteiger charge is 2.36. The molecular formula is C21H33NO. The molecule has 0 unspecified atom stereocenters. The Kier molecular flexibility index (Phi) is 7.37. The summed E-state index contributed by atoms with van der Waals surface area (Å²) in [5.41, 5.74) is -0.101. The number of allylic oxidation sites excluding steroid dienone is 3. The summed E-state index contributed by atoms with van der Waals surface area (Å²) in [4.78, 5) is 0. The Bertz CT molecular complexity index is 429. The average molecular weight is 316 g/mol. The minimum Gasteiger partial charge on any atom is -0.374 e. The van der Waals surface area contributed by atoms with E-state index in [1.54, 1.807) is 0 Å². The van der Waals surface area contributed by atoms with E-state index in [4.69, 9.17) is 10.00 Å². The van der Waals surface area contributed by atoms with Crippen LogP contribution in [-0.2, 0) is 4.74 Å². The van der Waals surface area contributed by atoms with Gasteiger partial charge in [0, 0.05) is 13.2 Å².